The predicted molar refractivity (Wildman–Crippen MR) is 68.9 cm³/mol. The minimum absolute atomic E-state index is 0.0205. The molecule has 100 valence electrons. The first-order valence-electron chi connectivity index (χ1n) is 5.48. The van der Waals surface area contributed by atoms with Crippen molar-refractivity contribution in [3.05, 3.63) is 35.9 Å². The van der Waals surface area contributed by atoms with Crippen molar-refractivity contribution in [2.75, 3.05) is 25.7 Å². The molecule has 0 fully saturated rings. The minimum atomic E-state index is -3.05. The van der Waals surface area contributed by atoms with Crippen molar-refractivity contribution >= 4 is 15.8 Å². The van der Waals surface area contributed by atoms with E-state index in [0.29, 0.717) is 0 Å². The second-order valence-corrected chi connectivity index (χ2v) is 6.21. The van der Waals surface area contributed by atoms with Gasteiger partial charge in [-0.2, -0.15) is 0 Å². The Labute approximate surface area is 107 Å². The minimum Gasteiger partial charge on any atom is -0.468 e. The summed E-state index contributed by atoms with van der Waals surface area (Å²) in [6.07, 6.45) is 1.16. The highest BCUT2D eigenvalue weighted by Crippen LogP contribution is 2.13. The van der Waals surface area contributed by atoms with Gasteiger partial charge in [0.15, 0.2) is 0 Å². The molecule has 5 nitrogen and oxygen atoms in total. The van der Waals surface area contributed by atoms with Crippen LogP contribution in [0.4, 0.5) is 0 Å². The number of ether oxygens (including phenoxy) is 1. The SMILES string of the molecule is COC(=O)C(NCCS(C)(=O)=O)c1ccccc1. The molecule has 0 saturated heterocycles. The summed E-state index contributed by atoms with van der Waals surface area (Å²) < 4.78 is 26.8. The maximum absolute atomic E-state index is 11.6. The van der Waals surface area contributed by atoms with E-state index in [1.165, 1.54) is 7.11 Å². The molecule has 6 heteroatoms. The van der Waals surface area contributed by atoms with Crippen molar-refractivity contribution in [3.8, 4) is 0 Å². The summed E-state index contributed by atoms with van der Waals surface area (Å²) >= 11 is 0. The average molecular weight is 271 g/mol. The highest BCUT2D eigenvalue weighted by atomic mass is 32.2. The number of hydrogen-bond acceptors (Lipinski definition) is 5. The number of rotatable bonds is 6. The molecule has 0 aliphatic heterocycles. The van der Waals surface area contributed by atoms with Crippen molar-refractivity contribution < 1.29 is 17.9 Å². The standard InChI is InChI=1S/C12H17NO4S/c1-17-12(14)11(10-6-4-3-5-7-10)13-8-9-18(2,15)16/h3-7,11,13H,8-9H2,1-2H3. The van der Waals surface area contributed by atoms with Gasteiger partial charge >= 0.3 is 5.97 Å². The predicted octanol–water partition coefficient (Wildman–Crippen LogP) is 0.535. The Bertz CT molecular complexity index is 484. The van der Waals surface area contributed by atoms with Gasteiger partial charge in [-0.25, -0.2) is 13.2 Å². The molecule has 1 N–H and O–H groups in total. The summed E-state index contributed by atoms with van der Waals surface area (Å²) in [5.41, 5.74) is 0.748. The van der Waals surface area contributed by atoms with Gasteiger partial charge in [-0.3, -0.25) is 5.32 Å². The number of esters is 1. The summed E-state index contributed by atoms with van der Waals surface area (Å²) in [7, 11) is -1.75. The van der Waals surface area contributed by atoms with Crippen LogP contribution in [-0.2, 0) is 19.4 Å². The van der Waals surface area contributed by atoms with Crippen LogP contribution < -0.4 is 5.32 Å². The zero-order valence-corrected chi connectivity index (χ0v) is 11.2. The molecule has 0 aliphatic carbocycles. The lowest BCUT2D eigenvalue weighted by molar-refractivity contribution is -0.143. The second-order valence-electron chi connectivity index (χ2n) is 3.95. The van der Waals surface area contributed by atoms with E-state index in [0.717, 1.165) is 11.8 Å². The van der Waals surface area contributed by atoms with Gasteiger partial charge < -0.3 is 4.74 Å². The van der Waals surface area contributed by atoms with Crippen LogP contribution in [-0.4, -0.2) is 40.1 Å². The lowest BCUT2D eigenvalue weighted by Gasteiger charge is -2.16. The Morgan fingerprint density at radius 2 is 1.94 bits per heavy atom. The molecule has 1 rings (SSSR count). The number of carbonyl (C=O) groups excluding carboxylic acids is 1. The average Bonchev–Trinajstić information content (AvgIpc) is 2.33. The largest absolute Gasteiger partial charge is 0.468 e. The smallest absolute Gasteiger partial charge is 0.327 e. The van der Waals surface area contributed by atoms with Crippen molar-refractivity contribution in [1.82, 2.24) is 5.32 Å². The molecule has 0 spiro atoms. The molecule has 1 unspecified atom stereocenters. The number of hydrogen-bond donors (Lipinski definition) is 1. The van der Waals surface area contributed by atoms with Gasteiger partial charge in [0.2, 0.25) is 0 Å². The summed E-state index contributed by atoms with van der Waals surface area (Å²) in [5, 5.41) is 2.89. The molecule has 0 bridgehead atoms. The van der Waals surface area contributed by atoms with Crippen LogP contribution in [0.3, 0.4) is 0 Å². The van der Waals surface area contributed by atoms with E-state index in [4.69, 9.17) is 4.74 Å². The van der Waals surface area contributed by atoms with Crippen LogP contribution in [0.5, 0.6) is 0 Å². The van der Waals surface area contributed by atoms with Crippen LogP contribution in [0.2, 0.25) is 0 Å². The molecule has 1 aromatic rings. The first kappa shape index (κ1) is 14.7. The van der Waals surface area contributed by atoms with Crippen molar-refractivity contribution in [3.63, 3.8) is 0 Å². The van der Waals surface area contributed by atoms with Crippen molar-refractivity contribution in [1.29, 1.82) is 0 Å². The molecule has 0 aromatic heterocycles. The zero-order chi connectivity index (χ0) is 13.6. The third kappa shape index (κ3) is 4.85. The Morgan fingerprint density at radius 3 is 2.44 bits per heavy atom. The van der Waals surface area contributed by atoms with E-state index in [2.05, 4.69) is 5.32 Å². The van der Waals surface area contributed by atoms with Gasteiger partial charge in [0.05, 0.1) is 12.9 Å². The fourth-order valence-electron chi connectivity index (χ4n) is 1.49. The van der Waals surface area contributed by atoms with E-state index < -0.39 is 21.8 Å². The third-order valence-corrected chi connectivity index (χ3v) is 3.34. The molecule has 0 radical (unpaired) electrons. The number of carbonyl (C=O) groups is 1. The molecule has 1 aromatic carbocycles. The maximum atomic E-state index is 11.6. The lowest BCUT2D eigenvalue weighted by Crippen LogP contribution is -2.33. The highest BCUT2D eigenvalue weighted by molar-refractivity contribution is 7.90. The summed E-state index contributed by atoms with van der Waals surface area (Å²) in [6, 6.07) is 8.39. The number of sulfone groups is 1. The summed E-state index contributed by atoms with van der Waals surface area (Å²) in [5.74, 6) is -0.456. The normalized spacial score (nSPS) is 13.0. The van der Waals surface area contributed by atoms with Crippen LogP contribution in [0.15, 0.2) is 30.3 Å². The Balaban J connectivity index is 2.72. The molecule has 0 saturated carbocycles. The van der Waals surface area contributed by atoms with Crippen molar-refractivity contribution in [2.45, 2.75) is 6.04 Å². The molecular formula is C12H17NO4S. The van der Waals surface area contributed by atoms with Crippen LogP contribution in [0.25, 0.3) is 0 Å². The molecular weight excluding hydrogens is 254 g/mol. The topological polar surface area (TPSA) is 72.5 Å². The second kappa shape index (κ2) is 6.51. The van der Waals surface area contributed by atoms with E-state index in [-0.39, 0.29) is 12.3 Å². The summed E-state index contributed by atoms with van der Waals surface area (Å²) in [6.45, 7) is 0.202. The first-order chi connectivity index (χ1) is 8.44. The van der Waals surface area contributed by atoms with E-state index in [1.54, 1.807) is 12.1 Å². The maximum Gasteiger partial charge on any atom is 0.327 e. The molecule has 1 atom stereocenters. The third-order valence-electron chi connectivity index (χ3n) is 2.39. The van der Waals surface area contributed by atoms with Crippen molar-refractivity contribution in [2.24, 2.45) is 0 Å². The molecule has 18 heavy (non-hydrogen) atoms. The zero-order valence-electron chi connectivity index (χ0n) is 10.4. The van der Waals surface area contributed by atoms with Crippen LogP contribution >= 0.6 is 0 Å². The lowest BCUT2D eigenvalue weighted by atomic mass is 10.1. The van der Waals surface area contributed by atoms with Gasteiger partial charge in [0, 0.05) is 12.8 Å². The Hall–Kier alpha value is -1.40. The summed E-state index contributed by atoms with van der Waals surface area (Å²) in [4.78, 5) is 11.6. The van der Waals surface area contributed by atoms with Gasteiger partial charge in [-0.1, -0.05) is 30.3 Å². The quantitative estimate of drug-likeness (QED) is 0.764. The molecule has 0 amide bonds. The van der Waals surface area contributed by atoms with Gasteiger partial charge in [0.1, 0.15) is 15.9 Å². The Kier molecular flexibility index (Phi) is 5.30. The fraction of sp³-hybridized carbons (Fsp3) is 0.417. The number of benzene rings is 1. The highest BCUT2D eigenvalue weighted by Gasteiger charge is 2.20. The van der Waals surface area contributed by atoms with E-state index in [1.807, 2.05) is 18.2 Å². The number of methoxy groups -OCH3 is 1. The molecule has 0 aliphatic rings. The van der Waals surface area contributed by atoms with Gasteiger partial charge in [0.25, 0.3) is 0 Å². The van der Waals surface area contributed by atoms with Crippen LogP contribution in [0, 0.1) is 0 Å². The number of nitrogens with one attached hydrogen (secondary N) is 1. The monoisotopic (exact) mass is 271 g/mol. The molecule has 0 heterocycles. The van der Waals surface area contributed by atoms with E-state index >= 15 is 0 Å². The van der Waals surface area contributed by atoms with Gasteiger partial charge in [-0.15, -0.1) is 0 Å². The Morgan fingerprint density at radius 1 is 1.33 bits per heavy atom. The fourth-order valence-corrected chi connectivity index (χ4v) is 1.98. The van der Waals surface area contributed by atoms with Crippen LogP contribution in [0.1, 0.15) is 11.6 Å². The van der Waals surface area contributed by atoms with Gasteiger partial charge in [-0.05, 0) is 5.56 Å². The first-order valence-corrected chi connectivity index (χ1v) is 7.54. The van der Waals surface area contributed by atoms with E-state index in [9.17, 15) is 13.2 Å².